The maximum absolute atomic E-state index is 11.8. The predicted octanol–water partition coefficient (Wildman–Crippen LogP) is 0.0655. The fraction of sp³-hybridized carbons (Fsp3) is 0.909. The highest BCUT2D eigenvalue weighted by Crippen LogP contribution is 2.12. The van der Waals surface area contributed by atoms with E-state index in [0.29, 0.717) is 6.54 Å². The van der Waals surface area contributed by atoms with E-state index in [1.165, 1.54) is 0 Å². The van der Waals surface area contributed by atoms with Crippen LogP contribution in [0.4, 0.5) is 0 Å². The molecule has 0 unspecified atom stereocenters. The Balaban J connectivity index is 1.74. The zero-order chi connectivity index (χ0) is 10.7. The van der Waals surface area contributed by atoms with Crippen LogP contribution in [-0.2, 0) is 4.79 Å². The SMILES string of the molecule is O=C(CN1CCC(O)CC1)N1CCCC1. The predicted molar refractivity (Wildman–Crippen MR) is 57.5 cm³/mol. The lowest BCUT2D eigenvalue weighted by Crippen LogP contribution is -2.43. The van der Waals surface area contributed by atoms with Crippen molar-refractivity contribution < 1.29 is 9.90 Å². The summed E-state index contributed by atoms with van der Waals surface area (Å²) in [6.45, 7) is 4.15. The van der Waals surface area contributed by atoms with Crippen molar-refractivity contribution in [3.05, 3.63) is 0 Å². The monoisotopic (exact) mass is 212 g/mol. The van der Waals surface area contributed by atoms with E-state index < -0.39 is 0 Å². The first kappa shape index (κ1) is 10.9. The molecule has 0 aromatic carbocycles. The molecular formula is C11H20N2O2. The molecule has 0 radical (unpaired) electrons. The van der Waals surface area contributed by atoms with Gasteiger partial charge < -0.3 is 10.0 Å². The molecule has 1 amide bonds. The second-order valence-electron chi connectivity index (χ2n) is 4.60. The minimum Gasteiger partial charge on any atom is -0.393 e. The summed E-state index contributed by atoms with van der Waals surface area (Å²) in [5.74, 6) is 0.267. The van der Waals surface area contributed by atoms with Crippen LogP contribution in [0.3, 0.4) is 0 Å². The first-order valence-electron chi connectivity index (χ1n) is 5.94. The molecule has 2 fully saturated rings. The summed E-state index contributed by atoms with van der Waals surface area (Å²) in [6.07, 6.45) is 3.79. The van der Waals surface area contributed by atoms with Crippen LogP contribution in [0, 0.1) is 0 Å². The molecule has 2 aliphatic heterocycles. The fourth-order valence-electron chi connectivity index (χ4n) is 2.34. The van der Waals surface area contributed by atoms with Crippen molar-refractivity contribution in [2.45, 2.75) is 31.8 Å². The Hall–Kier alpha value is -0.610. The van der Waals surface area contributed by atoms with Gasteiger partial charge in [0.1, 0.15) is 0 Å². The Morgan fingerprint density at radius 1 is 1.13 bits per heavy atom. The number of carbonyl (C=O) groups is 1. The quantitative estimate of drug-likeness (QED) is 0.704. The van der Waals surface area contributed by atoms with Crippen molar-refractivity contribution in [1.82, 2.24) is 9.80 Å². The van der Waals surface area contributed by atoms with E-state index in [-0.39, 0.29) is 12.0 Å². The molecule has 4 heteroatoms. The van der Waals surface area contributed by atoms with E-state index in [9.17, 15) is 9.90 Å². The lowest BCUT2D eigenvalue weighted by molar-refractivity contribution is -0.131. The van der Waals surface area contributed by atoms with Crippen molar-refractivity contribution in [2.75, 3.05) is 32.7 Å². The molecule has 0 aromatic rings. The van der Waals surface area contributed by atoms with Gasteiger partial charge in [0.05, 0.1) is 12.6 Å². The molecular weight excluding hydrogens is 192 g/mol. The number of likely N-dealkylation sites (tertiary alicyclic amines) is 2. The van der Waals surface area contributed by atoms with Gasteiger partial charge in [-0.2, -0.15) is 0 Å². The van der Waals surface area contributed by atoms with Crippen molar-refractivity contribution in [2.24, 2.45) is 0 Å². The van der Waals surface area contributed by atoms with Crippen LogP contribution in [0.25, 0.3) is 0 Å². The van der Waals surface area contributed by atoms with Crippen LogP contribution >= 0.6 is 0 Å². The molecule has 0 bridgehead atoms. The van der Waals surface area contributed by atoms with Crippen LogP contribution in [-0.4, -0.2) is 59.6 Å². The number of rotatable bonds is 2. The summed E-state index contributed by atoms with van der Waals surface area (Å²) in [6, 6.07) is 0. The molecule has 86 valence electrons. The Kier molecular flexibility index (Phi) is 3.59. The second-order valence-corrected chi connectivity index (χ2v) is 4.60. The molecule has 15 heavy (non-hydrogen) atoms. The molecule has 0 spiro atoms. The zero-order valence-electron chi connectivity index (χ0n) is 9.19. The molecule has 0 saturated carbocycles. The third-order valence-corrected chi connectivity index (χ3v) is 3.37. The maximum Gasteiger partial charge on any atom is 0.236 e. The second kappa shape index (κ2) is 4.94. The number of hydrogen-bond acceptors (Lipinski definition) is 3. The molecule has 2 aliphatic rings. The summed E-state index contributed by atoms with van der Waals surface area (Å²) in [5, 5.41) is 9.35. The zero-order valence-corrected chi connectivity index (χ0v) is 9.19. The first-order valence-corrected chi connectivity index (χ1v) is 5.94. The van der Waals surface area contributed by atoms with Gasteiger partial charge in [-0.25, -0.2) is 0 Å². The van der Waals surface area contributed by atoms with Crippen LogP contribution in [0.15, 0.2) is 0 Å². The van der Waals surface area contributed by atoms with E-state index in [0.717, 1.165) is 51.9 Å². The number of amides is 1. The molecule has 2 saturated heterocycles. The Morgan fingerprint density at radius 2 is 1.73 bits per heavy atom. The van der Waals surface area contributed by atoms with Gasteiger partial charge >= 0.3 is 0 Å². The molecule has 0 aliphatic carbocycles. The highest BCUT2D eigenvalue weighted by atomic mass is 16.3. The Labute approximate surface area is 90.9 Å². The summed E-state index contributed by atoms with van der Waals surface area (Å²) in [5.41, 5.74) is 0. The molecule has 0 atom stereocenters. The van der Waals surface area contributed by atoms with E-state index in [4.69, 9.17) is 0 Å². The number of piperidine rings is 1. The van der Waals surface area contributed by atoms with Gasteiger partial charge in [-0.15, -0.1) is 0 Å². The third kappa shape index (κ3) is 2.92. The number of aliphatic hydroxyl groups excluding tert-OH is 1. The highest BCUT2D eigenvalue weighted by Gasteiger charge is 2.23. The minimum atomic E-state index is -0.150. The van der Waals surface area contributed by atoms with Crippen LogP contribution in [0.1, 0.15) is 25.7 Å². The van der Waals surface area contributed by atoms with Gasteiger partial charge in [0.15, 0.2) is 0 Å². The summed E-state index contributed by atoms with van der Waals surface area (Å²) in [4.78, 5) is 15.9. The number of hydrogen-bond donors (Lipinski definition) is 1. The topological polar surface area (TPSA) is 43.8 Å². The van der Waals surface area contributed by atoms with E-state index in [1.54, 1.807) is 0 Å². The van der Waals surface area contributed by atoms with E-state index in [1.807, 2.05) is 4.90 Å². The van der Waals surface area contributed by atoms with Gasteiger partial charge in [0.25, 0.3) is 0 Å². The number of aliphatic hydroxyl groups is 1. The van der Waals surface area contributed by atoms with Gasteiger partial charge in [-0.05, 0) is 25.7 Å². The van der Waals surface area contributed by atoms with E-state index in [2.05, 4.69) is 4.90 Å². The van der Waals surface area contributed by atoms with Crippen molar-refractivity contribution >= 4 is 5.91 Å². The Morgan fingerprint density at radius 3 is 2.33 bits per heavy atom. The number of nitrogens with zero attached hydrogens (tertiary/aromatic N) is 2. The summed E-state index contributed by atoms with van der Waals surface area (Å²) >= 11 is 0. The molecule has 2 rings (SSSR count). The lowest BCUT2D eigenvalue weighted by Gasteiger charge is -2.30. The first-order chi connectivity index (χ1) is 7.25. The van der Waals surface area contributed by atoms with Crippen LogP contribution < -0.4 is 0 Å². The van der Waals surface area contributed by atoms with Gasteiger partial charge in [-0.1, -0.05) is 0 Å². The molecule has 1 N–H and O–H groups in total. The number of carbonyl (C=O) groups excluding carboxylic acids is 1. The van der Waals surface area contributed by atoms with Crippen LogP contribution in [0.2, 0.25) is 0 Å². The normalized spacial score (nSPS) is 24.7. The molecule has 4 nitrogen and oxygen atoms in total. The average Bonchev–Trinajstić information content (AvgIpc) is 2.74. The largest absolute Gasteiger partial charge is 0.393 e. The standard InChI is InChI=1S/C11H20N2O2/c14-10-3-7-12(8-4-10)9-11(15)13-5-1-2-6-13/h10,14H,1-9H2. The van der Waals surface area contributed by atoms with Crippen molar-refractivity contribution in [1.29, 1.82) is 0 Å². The summed E-state index contributed by atoms with van der Waals surface area (Å²) in [7, 11) is 0. The minimum absolute atomic E-state index is 0.150. The van der Waals surface area contributed by atoms with E-state index >= 15 is 0 Å². The fourth-order valence-corrected chi connectivity index (χ4v) is 2.34. The van der Waals surface area contributed by atoms with Gasteiger partial charge in [0.2, 0.25) is 5.91 Å². The van der Waals surface area contributed by atoms with Crippen molar-refractivity contribution in [3.8, 4) is 0 Å². The smallest absolute Gasteiger partial charge is 0.236 e. The molecule has 0 aromatic heterocycles. The average molecular weight is 212 g/mol. The summed E-state index contributed by atoms with van der Waals surface area (Å²) < 4.78 is 0. The van der Waals surface area contributed by atoms with Crippen molar-refractivity contribution in [3.63, 3.8) is 0 Å². The van der Waals surface area contributed by atoms with Gasteiger partial charge in [0, 0.05) is 26.2 Å². The maximum atomic E-state index is 11.8. The molecule has 2 heterocycles. The Bertz CT molecular complexity index is 219. The van der Waals surface area contributed by atoms with Crippen LogP contribution in [0.5, 0.6) is 0 Å². The van der Waals surface area contributed by atoms with Gasteiger partial charge in [-0.3, -0.25) is 9.69 Å². The highest BCUT2D eigenvalue weighted by molar-refractivity contribution is 5.78. The third-order valence-electron chi connectivity index (χ3n) is 3.37. The lowest BCUT2D eigenvalue weighted by atomic mass is 10.1.